The number of nitrogens with two attached hydrogens (primary N) is 1. The van der Waals surface area contributed by atoms with Crippen LogP contribution in [0.4, 0.5) is 11.6 Å². The molecule has 0 aromatic carbocycles. The van der Waals surface area contributed by atoms with E-state index in [9.17, 15) is 10.1 Å². The molecule has 7 heteroatoms. The average Bonchev–Trinajstić information content (AvgIpc) is 2.76. The van der Waals surface area contributed by atoms with Crippen LogP contribution in [0.2, 0.25) is 0 Å². The van der Waals surface area contributed by atoms with Gasteiger partial charge in [-0.25, -0.2) is 4.68 Å². The topological polar surface area (TPSA) is 108 Å². The molecule has 20 heavy (non-hydrogen) atoms. The van der Waals surface area contributed by atoms with E-state index in [1.807, 2.05) is 18.7 Å². The van der Waals surface area contributed by atoms with Gasteiger partial charge in [-0.3, -0.25) is 4.79 Å². The second kappa shape index (κ2) is 5.41. The minimum absolute atomic E-state index is 0.0518. The molecule has 1 aromatic heterocycles. The molecule has 1 fully saturated rings. The fourth-order valence-electron chi connectivity index (χ4n) is 2.53. The number of carboxylic acids is 1. The zero-order chi connectivity index (χ0) is 14.9. The Bertz CT molecular complexity index is 558. The van der Waals surface area contributed by atoms with Gasteiger partial charge in [0.25, 0.3) is 0 Å². The second-order valence-electron chi connectivity index (χ2n) is 5.36. The molecular weight excluding hydrogens is 258 g/mol. The van der Waals surface area contributed by atoms with Crippen molar-refractivity contribution in [2.45, 2.75) is 32.7 Å². The summed E-state index contributed by atoms with van der Waals surface area (Å²) in [5.74, 6) is -0.371. The average molecular weight is 277 g/mol. The summed E-state index contributed by atoms with van der Waals surface area (Å²) >= 11 is 0. The van der Waals surface area contributed by atoms with Crippen LogP contribution in [0.5, 0.6) is 0 Å². The fraction of sp³-hybridized carbons (Fsp3) is 0.615. The summed E-state index contributed by atoms with van der Waals surface area (Å²) in [5.41, 5.74) is 6.29. The van der Waals surface area contributed by atoms with Gasteiger partial charge in [0.05, 0.1) is 5.92 Å². The summed E-state index contributed by atoms with van der Waals surface area (Å²) in [6.45, 7) is 4.95. The lowest BCUT2D eigenvalue weighted by Gasteiger charge is -2.30. The molecule has 0 amide bonds. The Kier molecular flexibility index (Phi) is 3.84. The van der Waals surface area contributed by atoms with Crippen molar-refractivity contribution >= 4 is 17.6 Å². The predicted molar refractivity (Wildman–Crippen MR) is 74.3 cm³/mol. The molecule has 3 N–H and O–H groups in total. The lowest BCUT2D eigenvalue weighted by atomic mass is 9.98. The lowest BCUT2D eigenvalue weighted by molar-refractivity contribution is -0.141. The van der Waals surface area contributed by atoms with E-state index in [-0.39, 0.29) is 6.04 Å². The highest BCUT2D eigenvalue weighted by atomic mass is 16.4. The maximum Gasteiger partial charge on any atom is 0.308 e. The summed E-state index contributed by atoms with van der Waals surface area (Å²) in [6, 6.07) is 2.13. The Morgan fingerprint density at radius 2 is 2.30 bits per heavy atom. The molecule has 2 rings (SSSR count). The summed E-state index contributed by atoms with van der Waals surface area (Å²) in [7, 11) is 0. The first-order valence-corrected chi connectivity index (χ1v) is 6.71. The number of nitriles is 1. The van der Waals surface area contributed by atoms with E-state index in [1.54, 1.807) is 4.68 Å². The maximum absolute atomic E-state index is 11.1. The summed E-state index contributed by atoms with van der Waals surface area (Å²) in [6.07, 6.45) is 1.43. The molecule has 0 aliphatic carbocycles. The van der Waals surface area contributed by atoms with Gasteiger partial charge in [0.2, 0.25) is 0 Å². The number of hydrogen-bond donors (Lipinski definition) is 2. The van der Waals surface area contributed by atoms with Gasteiger partial charge in [0, 0.05) is 19.1 Å². The third-order valence-electron chi connectivity index (χ3n) is 3.60. The van der Waals surface area contributed by atoms with Crippen LogP contribution in [0.1, 0.15) is 38.3 Å². The van der Waals surface area contributed by atoms with Crippen LogP contribution < -0.4 is 10.6 Å². The second-order valence-corrected chi connectivity index (χ2v) is 5.36. The highest BCUT2D eigenvalue weighted by Crippen LogP contribution is 2.30. The quantitative estimate of drug-likeness (QED) is 0.860. The molecule has 2 heterocycles. The van der Waals surface area contributed by atoms with Crippen LogP contribution in [0.3, 0.4) is 0 Å². The van der Waals surface area contributed by atoms with E-state index >= 15 is 0 Å². The van der Waals surface area contributed by atoms with Crippen molar-refractivity contribution in [3.8, 4) is 6.07 Å². The molecule has 0 spiro atoms. The van der Waals surface area contributed by atoms with Gasteiger partial charge < -0.3 is 15.7 Å². The van der Waals surface area contributed by atoms with Gasteiger partial charge in [-0.2, -0.15) is 10.4 Å². The number of carboxylic acid groups (broad SMARTS) is 1. The Morgan fingerprint density at radius 1 is 1.60 bits per heavy atom. The van der Waals surface area contributed by atoms with E-state index in [4.69, 9.17) is 10.8 Å². The first kappa shape index (κ1) is 14.2. The van der Waals surface area contributed by atoms with Gasteiger partial charge in [0.15, 0.2) is 5.82 Å². The number of aromatic nitrogens is 2. The van der Waals surface area contributed by atoms with E-state index in [1.165, 1.54) is 0 Å². The largest absolute Gasteiger partial charge is 0.481 e. The number of carbonyl (C=O) groups is 1. The number of piperidine rings is 1. The molecule has 1 unspecified atom stereocenters. The number of nitrogens with zero attached hydrogens (tertiary/aromatic N) is 4. The molecule has 7 nitrogen and oxygen atoms in total. The normalized spacial score (nSPS) is 19.1. The van der Waals surface area contributed by atoms with E-state index < -0.39 is 11.9 Å². The van der Waals surface area contributed by atoms with Crippen molar-refractivity contribution in [1.29, 1.82) is 5.26 Å². The Hall–Kier alpha value is -2.23. The fourth-order valence-corrected chi connectivity index (χ4v) is 2.53. The van der Waals surface area contributed by atoms with Crippen molar-refractivity contribution in [3.63, 3.8) is 0 Å². The SMILES string of the molecule is CC(C)n1nc(N2CCCC(C(=O)O)C2)c(C#N)c1N. The summed E-state index contributed by atoms with van der Waals surface area (Å²) < 4.78 is 1.61. The molecule has 108 valence electrons. The zero-order valence-corrected chi connectivity index (χ0v) is 11.7. The molecule has 0 bridgehead atoms. The monoisotopic (exact) mass is 277 g/mol. The first-order chi connectivity index (χ1) is 9.45. The molecular formula is C13H19N5O2. The zero-order valence-electron chi connectivity index (χ0n) is 11.7. The summed E-state index contributed by atoms with van der Waals surface area (Å²) in [5, 5.41) is 22.8. The lowest BCUT2D eigenvalue weighted by Crippen LogP contribution is -2.39. The number of rotatable bonds is 3. The standard InChI is InChI=1S/C13H19N5O2/c1-8(2)18-11(15)10(6-14)12(16-18)17-5-3-4-9(7-17)13(19)20/h8-9H,3-5,7,15H2,1-2H3,(H,19,20). The number of nitrogen functional groups attached to an aromatic ring is 1. The van der Waals surface area contributed by atoms with E-state index in [2.05, 4.69) is 11.2 Å². The summed E-state index contributed by atoms with van der Waals surface area (Å²) in [4.78, 5) is 13.0. The van der Waals surface area contributed by atoms with Crippen molar-refractivity contribution in [2.24, 2.45) is 5.92 Å². The number of anilines is 2. The number of hydrogen-bond acceptors (Lipinski definition) is 5. The van der Waals surface area contributed by atoms with E-state index in [0.29, 0.717) is 36.7 Å². The third kappa shape index (κ3) is 2.41. The van der Waals surface area contributed by atoms with Gasteiger partial charge in [0.1, 0.15) is 17.5 Å². The number of aliphatic carboxylic acids is 1. The Balaban J connectivity index is 2.35. The minimum atomic E-state index is -0.801. The molecule has 1 aromatic rings. The Labute approximate surface area is 117 Å². The van der Waals surface area contributed by atoms with Crippen molar-refractivity contribution in [1.82, 2.24) is 9.78 Å². The van der Waals surface area contributed by atoms with Crippen LogP contribution in [0, 0.1) is 17.2 Å². The molecule has 0 radical (unpaired) electrons. The van der Waals surface area contributed by atoms with Crippen LogP contribution >= 0.6 is 0 Å². The van der Waals surface area contributed by atoms with Crippen molar-refractivity contribution in [3.05, 3.63) is 5.56 Å². The van der Waals surface area contributed by atoms with Gasteiger partial charge in [-0.1, -0.05) is 0 Å². The molecule has 1 saturated heterocycles. The third-order valence-corrected chi connectivity index (χ3v) is 3.60. The molecule has 1 atom stereocenters. The van der Waals surface area contributed by atoms with Crippen LogP contribution in [0.15, 0.2) is 0 Å². The highest BCUT2D eigenvalue weighted by molar-refractivity contribution is 5.72. The van der Waals surface area contributed by atoms with Gasteiger partial charge in [-0.05, 0) is 26.7 Å². The predicted octanol–water partition coefficient (Wildman–Crippen LogP) is 1.22. The van der Waals surface area contributed by atoms with Gasteiger partial charge >= 0.3 is 5.97 Å². The minimum Gasteiger partial charge on any atom is -0.481 e. The molecule has 1 aliphatic rings. The molecule has 0 saturated carbocycles. The van der Waals surface area contributed by atoms with Crippen LogP contribution in [-0.2, 0) is 4.79 Å². The van der Waals surface area contributed by atoms with Crippen molar-refractivity contribution in [2.75, 3.05) is 23.7 Å². The van der Waals surface area contributed by atoms with Crippen molar-refractivity contribution < 1.29 is 9.90 Å². The Morgan fingerprint density at radius 3 is 2.85 bits per heavy atom. The highest BCUT2D eigenvalue weighted by Gasteiger charge is 2.29. The molecule has 1 aliphatic heterocycles. The maximum atomic E-state index is 11.1. The van der Waals surface area contributed by atoms with Crippen LogP contribution in [-0.4, -0.2) is 33.9 Å². The van der Waals surface area contributed by atoms with Gasteiger partial charge in [-0.15, -0.1) is 0 Å². The van der Waals surface area contributed by atoms with E-state index in [0.717, 1.165) is 6.42 Å². The van der Waals surface area contributed by atoms with Crippen LogP contribution in [0.25, 0.3) is 0 Å². The first-order valence-electron chi connectivity index (χ1n) is 6.71. The smallest absolute Gasteiger partial charge is 0.308 e.